The predicted octanol–water partition coefficient (Wildman–Crippen LogP) is 3.57. The molecule has 2 rings (SSSR count). The molecule has 0 heterocycles. The van der Waals surface area contributed by atoms with Gasteiger partial charge in [0.1, 0.15) is 16.2 Å². The maximum Gasteiger partial charge on any atom is 0.242 e. The Morgan fingerprint density at radius 2 is 1.68 bits per heavy atom. The molecular weight excluding hydrogens is 330 g/mol. The van der Waals surface area contributed by atoms with E-state index >= 15 is 0 Å². The Morgan fingerprint density at radius 1 is 1.00 bits per heavy atom. The van der Waals surface area contributed by atoms with Gasteiger partial charge in [-0.05, 0) is 24.3 Å². The van der Waals surface area contributed by atoms with E-state index in [1.165, 1.54) is 0 Å². The Balaban J connectivity index is 2.16. The standard InChI is InChI=1S/C13H12BrNO3S/c14-10-19(16,17)15-11-5-4-8-13(9-11)18-12-6-2-1-3-7-12/h1-9,15H,10H2. The van der Waals surface area contributed by atoms with Crippen LogP contribution in [0, 0.1) is 0 Å². The lowest BCUT2D eigenvalue weighted by atomic mass is 10.3. The van der Waals surface area contributed by atoms with E-state index in [2.05, 4.69) is 20.7 Å². The number of benzene rings is 2. The van der Waals surface area contributed by atoms with E-state index in [1.807, 2.05) is 30.3 Å². The van der Waals surface area contributed by atoms with Crippen LogP contribution in [0.25, 0.3) is 0 Å². The van der Waals surface area contributed by atoms with Gasteiger partial charge in [-0.1, -0.05) is 40.2 Å². The molecule has 0 saturated carbocycles. The maximum atomic E-state index is 11.4. The summed E-state index contributed by atoms with van der Waals surface area (Å²) < 4.78 is 30.8. The summed E-state index contributed by atoms with van der Waals surface area (Å²) in [7, 11) is -3.35. The first kappa shape index (κ1) is 13.9. The molecule has 0 radical (unpaired) electrons. The van der Waals surface area contributed by atoms with Crippen molar-refractivity contribution >= 4 is 31.6 Å². The van der Waals surface area contributed by atoms with E-state index in [0.29, 0.717) is 17.2 Å². The van der Waals surface area contributed by atoms with Crippen LogP contribution in [0.5, 0.6) is 11.5 Å². The molecule has 0 aliphatic rings. The largest absolute Gasteiger partial charge is 0.457 e. The monoisotopic (exact) mass is 341 g/mol. The number of rotatable bonds is 5. The number of sulfonamides is 1. The first-order valence-electron chi connectivity index (χ1n) is 5.48. The van der Waals surface area contributed by atoms with Crippen LogP contribution in [0.3, 0.4) is 0 Å². The topological polar surface area (TPSA) is 55.4 Å². The third kappa shape index (κ3) is 4.25. The summed E-state index contributed by atoms with van der Waals surface area (Å²) in [5.74, 6) is 1.27. The van der Waals surface area contributed by atoms with Gasteiger partial charge in [0.05, 0.1) is 5.69 Å². The number of ether oxygens (including phenoxy) is 1. The van der Waals surface area contributed by atoms with Crippen molar-refractivity contribution in [2.75, 3.05) is 9.38 Å². The summed E-state index contributed by atoms with van der Waals surface area (Å²) in [5, 5.41) is 0. The van der Waals surface area contributed by atoms with Gasteiger partial charge in [0.2, 0.25) is 10.0 Å². The number of para-hydroxylation sites is 1. The van der Waals surface area contributed by atoms with Gasteiger partial charge >= 0.3 is 0 Å². The normalized spacial score (nSPS) is 11.0. The fraction of sp³-hybridized carbons (Fsp3) is 0.0769. The van der Waals surface area contributed by atoms with Gasteiger partial charge in [-0.15, -0.1) is 0 Å². The van der Waals surface area contributed by atoms with E-state index in [1.54, 1.807) is 24.3 Å². The molecule has 0 saturated heterocycles. The molecule has 0 aliphatic heterocycles. The van der Waals surface area contributed by atoms with Crippen LogP contribution in [0.2, 0.25) is 0 Å². The second-order valence-corrected chi connectivity index (χ2v) is 6.79. The average Bonchev–Trinajstić information content (AvgIpc) is 2.40. The van der Waals surface area contributed by atoms with Crippen LogP contribution in [0.1, 0.15) is 0 Å². The van der Waals surface area contributed by atoms with Crippen molar-refractivity contribution < 1.29 is 13.2 Å². The quantitative estimate of drug-likeness (QED) is 0.845. The molecule has 0 unspecified atom stereocenters. The summed E-state index contributed by atoms with van der Waals surface area (Å²) in [4.78, 5) is 0. The average molecular weight is 342 g/mol. The molecule has 1 N–H and O–H groups in total. The third-order valence-electron chi connectivity index (χ3n) is 2.23. The second kappa shape index (κ2) is 6.08. The fourth-order valence-corrected chi connectivity index (χ4v) is 2.34. The summed E-state index contributed by atoms with van der Waals surface area (Å²) in [6, 6.07) is 16.1. The van der Waals surface area contributed by atoms with Crippen LogP contribution in [-0.4, -0.2) is 13.1 Å². The molecule has 0 amide bonds. The van der Waals surface area contributed by atoms with Crippen LogP contribution < -0.4 is 9.46 Å². The number of hydrogen-bond donors (Lipinski definition) is 1. The van der Waals surface area contributed by atoms with Gasteiger partial charge in [-0.3, -0.25) is 4.72 Å². The highest BCUT2D eigenvalue weighted by atomic mass is 79.9. The van der Waals surface area contributed by atoms with E-state index in [-0.39, 0.29) is 4.66 Å². The van der Waals surface area contributed by atoms with Gasteiger partial charge in [-0.25, -0.2) is 8.42 Å². The van der Waals surface area contributed by atoms with Crippen LogP contribution in [-0.2, 0) is 10.0 Å². The molecule has 6 heteroatoms. The number of alkyl halides is 1. The van der Waals surface area contributed by atoms with E-state index in [9.17, 15) is 8.42 Å². The smallest absolute Gasteiger partial charge is 0.242 e. The molecular formula is C13H12BrNO3S. The zero-order chi connectivity index (χ0) is 13.7. The minimum absolute atomic E-state index is 0.149. The highest BCUT2D eigenvalue weighted by Gasteiger charge is 2.08. The SMILES string of the molecule is O=S(=O)(CBr)Nc1cccc(Oc2ccccc2)c1. The minimum atomic E-state index is -3.35. The second-order valence-electron chi connectivity index (χ2n) is 3.77. The molecule has 100 valence electrons. The zero-order valence-electron chi connectivity index (χ0n) is 9.91. The Labute approximate surface area is 120 Å². The molecule has 0 fully saturated rings. The van der Waals surface area contributed by atoms with Crippen molar-refractivity contribution in [3.63, 3.8) is 0 Å². The summed E-state index contributed by atoms with van der Waals surface area (Å²) in [6.45, 7) is 0. The first-order chi connectivity index (χ1) is 9.09. The third-order valence-corrected chi connectivity index (χ3v) is 4.87. The molecule has 0 bridgehead atoms. The Bertz CT molecular complexity index is 644. The molecule has 0 aliphatic carbocycles. The number of anilines is 1. The van der Waals surface area contributed by atoms with Gasteiger partial charge in [-0.2, -0.15) is 0 Å². The fourth-order valence-electron chi connectivity index (χ4n) is 1.45. The van der Waals surface area contributed by atoms with Gasteiger partial charge in [0.15, 0.2) is 0 Å². The lowest BCUT2D eigenvalue weighted by Crippen LogP contribution is -2.12. The van der Waals surface area contributed by atoms with Crippen LogP contribution in [0.15, 0.2) is 54.6 Å². The van der Waals surface area contributed by atoms with Crippen molar-refractivity contribution in [3.05, 3.63) is 54.6 Å². The molecule has 4 nitrogen and oxygen atoms in total. The summed E-state index contributed by atoms with van der Waals surface area (Å²) in [6.07, 6.45) is 0. The van der Waals surface area contributed by atoms with Crippen molar-refractivity contribution in [3.8, 4) is 11.5 Å². The minimum Gasteiger partial charge on any atom is -0.457 e. The lowest BCUT2D eigenvalue weighted by Gasteiger charge is -2.09. The lowest BCUT2D eigenvalue weighted by molar-refractivity contribution is 0.483. The molecule has 0 atom stereocenters. The van der Waals surface area contributed by atoms with Crippen molar-refractivity contribution in [2.24, 2.45) is 0 Å². The van der Waals surface area contributed by atoms with Crippen molar-refractivity contribution in [1.82, 2.24) is 0 Å². The van der Waals surface area contributed by atoms with Crippen molar-refractivity contribution in [2.45, 2.75) is 0 Å². The molecule has 0 spiro atoms. The van der Waals surface area contributed by atoms with Gasteiger partial charge in [0, 0.05) is 6.07 Å². The first-order valence-corrected chi connectivity index (χ1v) is 8.26. The van der Waals surface area contributed by atoms with E-state index < -0.39 is 10.0 Å². The molecule has 2 aromatic rings. The van der Waals surface area contributed by atoms with Gasteiger partial charge < -0.3 is 4.74 Å². The highest BCUT2D eigenvalue weighted by molar-refractivity contribution is 9.10. The molecule has 19 heavy (non-hydrogen) atoms. The number of nitrogens with one attached hydrogen (secondary N) is 1. The molecule has 0 aromatic heterocycles. The van der Waals surface area contributed by atoms with E-state index in [0.717, 1.165) is 0 Å². The maximum absolute atomic E-state index is 11.4. The zero-order valence-corrected chi connectivity index (χ0v) is 12.3. The van der Waals surface area contributed by atoms with Crippen LogP contribution >= 0.6 is 15.9 Å². The Hall–Kier alpha value is -1.53. The number of halogens is 1. The van der Waals surface area contributed by atoms with Crippen LogP contribution in [0.4, 0.5) is 5.69 Å². The predicted molar refractivity (Wildman–Crippen MR) is 79.3 cm³/mol. The Kier molecular flexibility index (Phi) is 4.44. The number of hydrogen-bond acceptors (Lipinski definition) is 3. The summed E-state index contributed by atoms with van der Waals surface area (Å²) >= 11 is 2.92. The van der Waals surface area contributed by atoms with E-state index in [4.69, 9.17) is 4.74 Å². The Morgan fingerprint density at radius 3 is 2.37 bits per heavy atom. The van der Waals surface area contributed by atoms with Gasteiger partial charge in [0.25, 0.3) is 0 Å². The highest BCUT2D eigenvalue weighted by Crippen LogP contribution is 2.24. The molecule has 2 aromatic carbocycles. The summed E-state index contributed by atoms with van der Waals surface area (Å²) in [5.41, 5.74) is 0.466. The van der Waals surface area contributed by atoms with Crippen molar-refractivity contribution in [1.29, 1.82) is 0 Å².